The van der Waals surface area contributed by atoms with E-state index in [2.05, 4.69) is 4.74 Å². The maximum Gasteiger partial charge on any atom is 0.338 e. The molecule has 0 atom stereocenters. The van der Waals surface area contributed by atoms with E-state index in [9.17, 15) is 20.1 Å². The van der Waals surface area contributed by atoms with Crippen molar-refractivity contribution in [3.05, 3.63) is 94.6 Å². The molecule has 0 aliphatic carbocycles. The first kappa shape index (κ1) is 22.1. The molecule has 0 N–H and O–H groups in total. The number of nitriles is 2. The van der Waals surface area contributed by atoms with Crippen LogP contribution in [0.1, 0.15) is 23.5 Å². The van der Waals surface area contributed by atoms with Crippen molar-refractivity contribution in [1.29, 1.82) is 10.5 Å². The molecule has 0 saturated heterocycles. The minimum absolute atomic E-state index is 0.120. The summed E-state index contributed by atoms with van der Waals surface area (Å²) in [5.74, 6) is -1.90. The fourth-order valence-electron chi connectivity index (χ4n) is 3.07. The summed E-state index contributed by atoms with van der Waals surface area (Å²) in [5, 5.41) is 19.0. The van der Waals surface area contributed by atoms with Crippen LogP contribution in [0.4, 0.5) is 0 Å². The van der Waals surface area contributed by atoms with Gasteiger partial charge in [0.05, 0.1) is 19.8 Å². The SMILES string of the molecule is COC(=O)/C=C(\C(=O)OC)C(CC(c1ccccc1)c1ccccc1)=C(C#N)C#N. The number of carbonyl (C=O) groups is 2. The summed E-state index contributed by atoms with van der Waals surface area (Å²) in [6, 6.07) is 22.7. The highest BCUT2D eigenvalue weighted by molar-refractivity contribution is 6.00. The Hall–Kier alpha value is -4.16. The van der Waals surface area contributed by atoms with Gasteiger partial charge in [-0.1, -0.05) is 60.7 Å². The smallest absolute Gasteiger partial charge is 0.338 e. The molecular formula is C24H20N2O4. The highest BCUT2D eigenvalue weighted by Crippen LogP contribution is 2.35. The Morgan fingerprint density at radius 2 is 1.40 bits per heavy atom. The van der Waals surface area contributed by atoms with E-state index >= 15 is 0 Å². The van der Waals surface area contributed by atoms with Crippen LogP contribution in [0.3, 0.4) is 0 Å². The molecule has 2 aromatic rings. The van der Waals surface area contributed by atoms with Crippen molar-refractivity contribution in [2.45, 2.75) is 12.3 Å². The monoisotopic (exact) mass is 400 g/mol. The zero-order valence-corrected chi connectivity index (χ0v) is 16.7. The van der Waals surface area contributed by atoms with Gasteiger partial charge in [0.15, 0.2) is 0 Å². The fraction of sp³-hybridized carbons (Fsp3) is 0.167. The van der Waals surface area contributed by atoms with E-state index in [4.69, 9.17) is 4.74 Å². The van der Waals surface area contributed by atoms with E-state index in [1.807, 2.05) is 72.8 Å². The number of esters is 2. The molecule has 0 spiro atoms. The van der Waals surface area contributed by atoms with Crippen LogP contribution in [0, 0.1) is 22.7 Å². The highest BCUT2D eigenvalue weighted by atomic mass is 16.5. The van der Waals surface area contributed by atoms with Crippen LogP contribution in [-0.4, -0.2) is 26.2 Å². The van der Waals surface area contributed by atoms with Crippen molar-refractivity contribution < 1.29 is 19.1 Å². The highest BCUT2D eigenvalue weighted by Gasteiger charge is 2.26. The Bertz CT molecular complexity index is 987. The Morgan fingerprint density at radius 1 is 0.900 bits per heavy atom. The molecule has 0 fully saturated rings. The van der Waals surface area contributed by atoms with E-state index in [0.29, 0.717) is 0 Å². The van der Waals surface area contributed by atoms with Gasteiger partial charge < -0.3 is 9.47 Å². The summed E-state index contributed by atoms with van der Waals surface area (Å²) in [4.78, 5) is 24.3. The molecule has 2 rings (SSSR count). The average Bonchev–Trinajstić information content (AvgIpc) is 2.81. The van der Waals surface area contributed by atoms with Crippen LogP contribution in [0.2, 0.25) is 0 Å². The maximum atomic E-state index is 12.4. The van der Waals surface area contributed by atoms with E-state index < -0.39 is 11.9 Å². The molecule has 0 unspecified atom stereocenters. The summed E-state index contributed by atoms with van der Waals surface area (Å²) in [6.45, 7) is 0. The number of benzene rings is 2. The van der Waals surface area contributed by atoms with Crippen LogP contribution in [0.25, 0.3) is 0 Å². The summed E-state index contributed by atoms with van der Waals surface area (Å²) >= 11 is 0. The Morgan fingerprint density at radius 3 is 1.80 bits per heavy atom. The zero-order valence-electron chi connectivity index (χ0n) is 16.7. The second-order valence-electron chi connectivity index (χ2n) is 6.23. The van der Waals surface area contributed by atoms with Gasteiger partial charge >= 0.3 is 11.9 Å². The molecular weight excluding hydrogens is 380 g/mol. The van der Waals surface area contributed by atoms with Gasteiger partial charge in [-0.25, -0.2) is 9.59 Å². The summed E-state index contributed by atoms with van der Waals surface area (Å²) in [7, 11) is 2.33. The van der Waals surface area contributed by atoms with Gasteiger partial charge in [0, 0.05) is 12.0 Å². The number of ether oxygens (including phenoxy) is 2. The molecule has 0 radical (unpaired) electrons. The number of rotatable bonds is 7. The predicted molar refractivity (Wildman–Crippen MR) is 110 cm³/mol. The number of carbonyl (C=O) groups excluding carboxylic acids is 2. The zero-order chi connectivity index (χ0) is 21.9. The molecule has 150 valence electrons. The quantitative estimate of drug-likeness (QED) is 0.303. The molecule has 0 saturated carbocycles. The lowest BCUT2D eigenvalue weighted by Crippen LogP contribution is -2.14. The van der Waals surface area contributed by atoms with Gasteiger partial charge in [-0.05, 0) is 23.1 Å². The second kappa shape index (κ2) is 11.0. The number of nitrogens with zero attached hydrogens (tertiary/aromatic N) is 2. The molecule has 6 nitrogen and oxygen atoms in total. The van der Waals surface area contributed by atoms with Crippen LogP contribution in [0.15, 0.2) is 83.5 Å². The van der Waals surface area contributed by atoms with E-state index in [1.165, 1.54) is 7.11 Å². The van der Waals surface area contributed by atoms with Crippen LogP contribution in [0.5, 0.6) is 0 Å². The minimum Gasteiger partial charge on any atom is -0.466 e. The molecule has 0 aliphatic rings. The summed E-state index contributed by atoms with van der Waals surface area (Å²) in [6.07, 6.45) is 1.07. The van der Waals surface area contributed by atoms with Gasteiger partial charge in [-0.2, -0.15) is 10.5 Å². The third-order valence-electron chi connectivity index (χ3n) is 4.53. The van der Waals surface area contributed by atoms with Gasteiger partial charge in [0.1, 0.15) is 17.7 Å². The molecule has 0 aliphatic heterocycles. The molecule has 30 heavy (non-hydrogen) atoms. The van der Waals surface area contributed by atoms with E-state index in [1.54, 1.807) is 0 Å². The van der Waals surface area contributed by atoms with E-state index in [-0.39, 0.29) is 29.1 Å². The molecule has 0 amide bonds. The fourth-order valence-corrected chi connectivity index (χ4v) is 3.07. The summed E-state index contributed by atoms with van der Waals surface area (Å²) < 4.78 is 9.44. The van der Waals surface area contributed by atoms with Crippen molar-refractivity contribution in [2.24, 2.45) is 0 Å². The number of hydrogen-bond acceptors (Lipinski definition) is 6. The van der Waals surface area contributed by atoms with Gasteiger partial charge in [0.2, 0.25) is 0 Å². The number of methoxy groups -OCH3 is 2. The third kappa shape index (κ3) is 5.43. The Kier molecular flexibility index (Phi) is 8.11. The van der Waals surface area contributed by atoms with Crippen LogP contribution in [-0.2, 0) is 19.1 Å². The van der Waals surface area contributed by atoms with Crippen LogP contribution < -0.4 is 0 Å². The molecule has 0 bridgehead atoms. The van der Waals surface area contributed by atoms with E-state index in [0.717, 1.165) is 24.3 Å². The van der Waals surface area contributed by atoms with Crippen molar-refractivity contribution >= 4 is 11.9 Å². The first-order valence-electron chi connectivity index (χ1n) is 9.07. The predicted octanol–water partition coefficient (Wildman–Crippen LogP) is 3.82. The van der Waals surface area contributed by atoms with Crippen molar-refractivity contribution in [2.75, 3.05) is 14.2 Å². The van der Waals surface area contributed by atoms with Crippen molar-refractivity contribution in [3.63, 3.8) is 0 Å². The Labute approximate surface area is 175 Å². The summed E-state index contributed by atoms with van der Waals surface area (Å²) in [5.41, 5.74) is 1.53. The first-order chi connectivity index (χ1) is 14.5. The van der Waals surface area contributed by atoms with Gasteiger partial charge in [-0.3, -0.25) is 0 Å². The standard InChI is InChI=1S/C24H20N2O4/c1-29-23(27)14-22(24(28)30-2)21(19(15-25)16-26)13-20(17-9-5-3-6-10-17)18-11-7-4-8-12-18/h3-12,14,20H,13H2,1-2H3/b22-14-. The normalized spacial score (nSPS) is 10.5. The van der Waals surface area contributed by atoms with Crippen molar-refractivity contribution in [1.82, 2.24) is 0 Å². The molecule has 0 heterocycles. The number of allylic oxidation sites excluding steroid dienone is 1. The molecule has 2 aromatic carbocycles. The van der Waals surface area contributed by atoms with Crippen LogP contribution >= 0.6 is 0 Å². The first-order valence-corrected chi connectivity index (χ1v) is 9.07. The topological polar surface area (TPSA) is 100 Å². The lowest BCUT2D eigenvalue weighted by atomic mass is 9.82. The second-order valence-corrected chi connectivity index (χ2v) is 6.23. The maximum absolute atomic E-state index is 12.4. The molecule has 0 aromatic heterocycles. The van der Waals surface area contributed by atoms with Gasteiger partial charge in [-0.15, -0.1) is 0 Å². The average molecular weight is 400 g/mol. The lowest BCUT2D eigenvalue weighted by molar-refractivity contribution is -0.138. The largest absolute Gasteiger partial charge is 0.466 e. The number of hydrogen-bond donors (Lipinski definition) is 0. The molecule has 6 heteroatoms. The van der Waals surface area contributed by atoms with Crippen molar-refractivity contribution in [3.8, 4) is 12.1 Å². The minimum atomic E-state index is -0.835. The van der Waals surface area contributed by atoms with Gasteiger partial charge in [0.25, 0.3) is 0 Å². The Balaban J connectivity index is 2.69. The lowest BCUT2D eigenvalue weighted by Gasteiger charge is -2.21. The third-order valence-corrected chi connectivity index (χ3v) is 4.53.